The van der Waals surface area contributed by atoms with Gasteiger partial charge in [0.1, 0.15) is 11.2 Å². The van der Waals surface area contributed by atoms with E-state index in [1.54, 1.807) is 0 Å². The fourth-order valence-corrected chi connectivity index (χ4v) is 7.93. The van der Waals surface area contributed by atoms with Gasteiger partial charge in [-0.3, -0.25) is 0 Å². The highest BCUT2D eigenvalue weighted by Gasteiger charge is 2.22. The van der Waals surface area contributed by atoms with Crippen molar-refractivity contribution in [2.45, 2.75) is 0 Å². The van der Waals surface area contributed by atoms with Gasteiger partial charge < -0.3 is 8.98 Å². The summed E-state index contributed by atoms with van der Waals surface area (Å²) in [7, 11) is 0. The molecule has 0 amide bonds. The van der Waals surface area contributed by atoms with Gasteiger partial charge in [0.25, 0.3) is 0 Å². The number of benzene rings is 8. The molecule has 0 aliphatic carbocycles. The molecule has 0 aliphatic heterocycles. The maximum atomic E-state index is 6.78. The van der Waals surface area contributed by atoms with E-state index in [2.05, 4.69) is 114 Å². The molecule has 5 nitrogen and oxygen atoms in total. The van der Waals surface area contributed by atoms with Crippen LogP contribution in [0.5, 0.6) is 0 Å². The van der Waals surface area contributed by atoms with Crippen LogP contribution in [0.1, 0.15) is 0 Å². The van der Waals surface area contributed by atoms with Crippen molar-refractivity contribution in [1.29, 1.82) is 0 Å². The van der Waals surface area contributed by atoms with Crippen LogP contribution >= 0.6 is 0 Å². The number of nitrogens with zero attached hydrogens (tertiary/aromatic N) is 4. The van der Waals surface area contributed by atoms with Gasteiger partial charge in [-0.2, -0.15) is 0 Å². The first-order chi connectivity index (χ1) is 26.8. The molecule has 252 valence electrons. The zero-order chi connectivity index (χ0) is 35.6. The van der Waals surface area contributed by atoms with Gasteiger partial charge in [-0.15, -0.1) is 0 Å². The number of aromatic nitrogens is 4. The summed E-state index contributed by atoms with van der Waals surface area (Å²) in [6.07, 6.45) is 0. The van der Waals surface area contributed by atoms with E-state index >= 15 is 0 Å². The number of hydrogen-bond donors (Lipinski definition) is 0. The first-order valence-electron chi connectivity index (χ1n) is 18.1. The van der Waals surface area contributed by atoms with E-state index in [9.17, 15) is 0 Å². The van der Waals surface area contributed by atoms with Crippen LogP contribution in [0.4, 0.5) is 0 Å². The molecule has 0 fully saturated rings. The standard InChI is InChI=1S/C49H30N4O/c1-4-15-31(16-5-1)38-29-40-45(30-43(38)53-41-25-13-12-23-36(41)39-27-34-21-10-11-22-35(34)28-42(39)53)54-44-26-14-24-37(46(40)44)49-51-47(32-17-6-2-7-18-32)50-48(52-49)33-19-8-3-9-20-33/h1-30H. The van der Waals surface area contributed by atoms with E-state index in [0.29, 0.717) is 17.5 Å². The molecular formula is C49H30N4O. The smallest absolute Gasteiger partial charge is 0.164 e. The normalized spacial score (nSPS) is 11.7. The molecule has 5 heteroatoms. The molecule has 54 heavy (non-hydrogen) atoms. The van der Waals surface area contributed by atoms with Crippen LogP contribution in [0.15, 0.2) is 186 Å². The monoisotopic (exact) mass is 690 g/mol. The van der Waals surface area contributed by atoms with Crippen molar-refractivity contribution < 1.29 is 4.42 Å². The Labute approximate surface area is 310 Å². The van der Waals surface area contributed by atoms with Gasteiger partial charge in [0.2, 0.25) is 0 Å². The largest absolute Gasteiger partial charge is 0.456 e. The van der Waals surface area contributed by atoms with Crippen LogP contribution in [0.25, 0.3) is 105 Å². The molecule has 0 spiro atoms. The van der Waals surface area contributed by atoms with E-state index < -0.39 is 0 Å². The van der Waals surface area contributed by atoms with Crippen LogP contribution in [-0.4, -0.2) is 19.5 Å². The van der Waals surface area contributed by atoms with Gasteiger partial charge in [-0.1, -0.05) is 146 Å². The fraction of sp³-hybridized carbons (Fsp3) is 0. The Hall–Kier alpha value is -7.37. The Balaban J connectivity index is 1.21. The number of fused-ring (bicyclic) bond motifs is 7. The van der Waals surface area contributed by atoms with Crippen LogP contribution in [0.2, 0.25) is 0 Å². The Kier molecular flexibility index (Phi) is 6.79. The average Bonchev–Trinajstić information content (AvgIpc) is 3.77. The molecule has 0 N–H and O–H groups in total. The minimum Gasteiger partial charge on any atom is -0.456 e. The van der Waals surface area contributed by atoms with E-state index in [1.807, 2.05) is 72.8 Å². The number of rotatable bonds is 5. The summed E-state index contributed by atoms with van der Waals surface area (Å²) in [5, 5.41) is 6.81. The minimum atomic E-state index is 0.593. The number of furan rings is 1. The number of hydrogen-bond acceptors (Lipinski definition) is 4. The molecule has 11 rings (SSSR count). The van der Waals surface area contributed by atoms with Gasteiger partial charge in [-0.25, -0.2) is 15.0 Å². The maximum Gasteiger partial charge on any atom is 0.164 e. The van der Waals surface area contributed by atoms with Crippen LogP contribution < -0.4 is 0 Å². The lowest BCUT2D eigenvalue weighted by Gasteiger charge is -2.15. The Morgan fingerprint density at radius 2 is 0.963 bits per heavy atom. The van der Waals surface area contributed by atoms with Gasteiger partial charge in [-0.05, 0) is 46.7 Å². The summed E-state index contributed by atoms with van der Waals surface area (Å²) in [5.74, 6) is 1.83. The third-order valence-corrected chi connectivity index (χ3v) is 10.4. The van der Waals surface area contributed by atoms with E-state index in [0.717, 1.165) is 66.5 Å². The second-order valence-corrected chi connectivity index (χ2v) is 13.6. The molecule has 3 heterocycles. The molecule has 0 saturated carbocycles. The molecule has 0 unspecified atom stereocenters. The second kappa shape index (κ2) is 12.1. The van der Waals surface area contributed by atoms with Gasteiger partial charge >= 0.3 is 0 Å². The molecule has 0 aliphatic rings. The average molecular weight is 691 g/mol. The van der Waals surface area contributed by atoms with Crippen molar-refractivity contribution in [2.75, 3.05) is 0 Å². The molecule has 11 aromatic rings. The maximum absolute atomic E-state index is 6.78. The summed E-state index contributed by atoms with van der Waals surface area (Å²) >= 11 is 0. The summed E-state index contributed by atoms with van der Waals surface area (Å²) in [6, 6.07) is 63.3. The predicted molar refractivity (Wildman–Crippen MR) is 221 cm³/mol. The zero-order valence-electron chi connectivity index (χ0n) is 29.0. The lowest BCUT2D eigenvalue weighted by Crippen LogP contribution is -2.00. The summed E-state index contributed by atoms with van der Waals surface area (Å²) in [5.41, 5.74) is 9.86. The summed E-state index contributed by atoms with van der Waals surface area (Å²) < 4.78 is 9.18. The molecule has 0 radical (unpaired) electrons. The quantitative estimate of drug-likeness (QED) is 0.180. The van der Waals surface area contributed by atoms with Crippen LogP contribution in [0.3, 0.4) is 0 Å². The highest BCUT2D eigenvalue weighted by molar-refractivity contribution is 6.16. The van der Waals surface area contributed by atoms with Crippen molar-refractivity contribution in [2.24, 2.45) is 0 Å². The highest BCUT2D eigenvalue weighted by atomic mass is 16.3. The van der Waals surface area contributed by atoms with E-state index in [4.69, 9.17) is 19.4 Å². The molecule has 8 aromatic carbocycles. The summed E-state index contributed by atoms with van der Waals surface area (Å²) in [4.78, 5) is 15.1. The Bertz CT molecular complexity index is 3140. The second-order valence-electron chi connectivity index (χ2n) is 13.6. The van der Waals surface area contributed by atoms with Crippen LogP contribution in [-0.2, 0) is 0 Å². The fourth-order valence-electron chi connectivity index (χ4n) is 7.93. The van der Waals surface area contributed by atoms with Crippen molar-refractivity contribution in [3.05, 3.63) is 182 Å². The van der Waals surface area contributed by atoms with Crippen molar-refractivity contribution in [3.63, 3.8) is 0 Å². The number of para-hydroxylation sites is 1. The van der Waals surface area contributed by atoms with Crippen LogP contribution in [0, 0.1) is 0 Å². The minimum absolute atomic E-state index is 0.593. The highest BCUT2D eigenvalue weighted by Crippen LogP contribution is 2.43. The third-order valence-electron chi connectivity index (χ3n) is 10.4. The molecule has 0 bridgehead atoms. The lowest BCUT2D eigenvalue weighted by atomic mass is 9.98. The van der Waals surface area contributed by atoms with E-state index in [-0.39, 0.29) is 0 Å². The van der Waals surface area contributed by atoms with Gasteiger partial charge in [0.05, 0.1) is 16.7 Å². The van der Waals surface area contributed by atoms with Crippen molar-refractivity contribution >= 4 is 54.5 Å². The van der Waals surface area contributed by atoms with Crippen molar-refractivity contribution in [3.8, 4) is 51.0 Å². The molecular weight excluding hydrogens is 661 g/mol. The Morgan fingerprint density at radius 3 is 1.67 bits per heavy atom. The molecule has 3 aromatic heterocycles. The topological polar surface area (TPSA) is 56.7 Å². The van der Waals surface area contributed by atoms with E-state index in [1.165, 1.54) is 21.5 Å². The molecule has 0 atom stereocenters. The Morgan fingerprint density at radius 1 is 0.370 bits per heavy atom. The summed E-state index contributed by atoms with van der Waals surface area (Å²) in [6.45, 7) is 0. The third kappa shape index (κ3) is 4.83. The first-order valence-corrected chi connectivity index (χ1v) is 18.1. The lowest BCUT2D eigenvalue weighted by molar-refractivity contribution is 0.668. The van der Waals surface area contributed by atoms with Gasteiger partial charge in [0.15, 0.2) is 17.5 Å². The van der Waals surface area contributed by atoms with Gasteiger partial charge in [0, 0.05) is 49.9 Å². The zero-order valence-corrected chi connectivity index (χ0v) is 29.0. The predicted octanol–water partition coefficient (Wildman–Crippen LogP) is 12.7. The van der Waals surface area contributed by atoms with Crippen molar-refractivity contribution in [1.82, 2.24) is 19.5 Å². The first kappa shape index (κ1) is 30.3. The molecule has 0 saturated heterocycles. The SMILES string of the molecule is c1ccc(-c2nc(-c3ccccc3)nc(-c3cccc4oc5cc(-n6c7ccccc7c7cc8ccccc8cc76)c(-c6ccccc6)cc5c34)n2)cc1.